The minimum atomic E-state index is -0.830. The van der Waals surface area contributed by atoms with E-state index >= 15 is 0 Å². The molecule has 3 aromatic carbocycles. The van der Waals surface area contributed by atoms with E-state index in [0.717, 1.165) is 35.2 Å². The van der Waals surface area contributed by atoms with Gasteiger partial charge in [0.05, 0.1) is 34.5 Å². The summed E-state index contributed by atoms with van der Waals surface area (Å²) in [6, 6.07) is 11.1. The molecule has 4 rings (SSSR count). The number of carbonyl (C=O) groups excluding carboxylic acids is 2. The molecule has 1 heterocycles. The van der Waals surface area contributed by atoms with Crippen molar-refractivity contribution in [2.75, 3.05) is 7.11 Å². The average molecular weight is 560 g/mol. The van der Waals surface area contributed by atoms with E-state index < -0.39 is 38.2 Å². The predicted molar refractivity (Wildman–Crippen MR) is 136 cm³/mol. The number of nitro groups is 2. The van der Waals surface area contributed by atoms with Crippen molar-refractivity contribution in [3.05, 3.63) is 102 Å². The van der Waals surface area contributed by atoms with Crippen LogP contribution in [0.5, 0.6) is 17.2 Å². The van der Waals surface area contributed by atoms with Gasteiger partial charge in [-0.1, -0.05) is 29.8 Å². The Morgan fingerprint density at radius 3 is 2.47 bits per heavy atom. The van der Waals surface area contributed by atoms with Gasteiger partial charge in [-0.2, -0.15) is 0 Å². The van der Waals surface area contributed by atoms with Crippen LogP contribution in [0, 0.1) is 26.0 Å². The second-order valence-electron chi connectivity index (χ2n) is 7.65. The Hall–Kier alpha value is -4.49. The van der Waals surface area contributed by atoms with Crippen LogP contribution in [0.25, 0.3) is 6.08 Å². The van der Waals surface area contributed by atoms with Crippen LogP contribution in [-0.2, 0) is 11.3 Å². The third-order valence-corrected chi connectivity index (χ3v) is 6.55. The molecule has 1 fully saturated rings. The standard InChI is InChI=1S/C24H15ClFN3O8S/c1-36-20-4-2-3-13(22(20)37-19-8-7-16(28(32)33)11-18(19)29(34)35)9-21-23(30)27(24(31)38-21)12-14-5-6-15(26)10-17(14)25/h2-11H,12H2,1H3/b21-9-. The monoisotopic (exact) mass is 559 g/mol. The molecule has 0 aliphatic carbocycles. The lowest BCUT2D eigenvalue weighted by Gasteiger charge is -2.14. The van der Waals surface area contributed by atoms with Crippen LogP contribution in [0.2, 0.25) is 5.02 Å². The highest BCUT2D eigenvalue weighted by molar-refractivity contribution is 8.18. The fourth-order valence-corrected chi connectivity index (χ4v) is 4.53. The van der Waals surface area contributed by atoms with E-state index in [1.54, 1.807) is 6.07 Å². The molecule has 0 bridgehead atoms. The topological polar surface area (TPSA) is 142 Å². The molecule has 14 heteroatoms. The first-order valence-electron chi connectivity index (χ1n) is 10.6. The van der Waals surface area contributed by atoms with E-state index in [1.807, 2.05) is 0 Å². The highest BCUT2D eigenvalue weighted by atomic mass is 35.5. The summed E-state index contributed by atoms with van der Waals surface area (Å²) in [4.78, 5) is 47.6. The zero-order valence-electron chi connectivity index (χ0n) is 19.3. The number of rotatable bonds is 8. The maximum atomic E-state index is 13.4. The molecule has 38 heavy (non-hydrogen) atoms. The first kappa shape index (κ1) is 26.6. The molecule has 0 saturated carbocycles. The molecule has 1 aliphatic rings. The Kier molecular flexibility index (Phi) is 7.60. The second-order valence-corrected chi connectivity index (χ2v) is 9.05. The van der Waals surface area contributed by atoms with Gasteiger partial charge in [0, 0.05) is 16.7 Å². The zero-order chi connectivity index (χ0) is 27.6. The van der Waals surface area contributed by atoms with Crippen molar-refractivity contribution in [1.82, 2.24) is 4.90 Å². The quantitative estimate of drug-likeness (QED) is 0.175. The minimum Gasteiger partial charge on any atom is -0.493 e. The van der Waals surface area contributed by atoms with Gasteiger partial charge in [0.2, 0.25) is 5.75 Å². The molecule has 11 nitrogen and oxygen atoms in total. The van der Waals surface area contributed by atoms with Crippen molar-refractivity contribution < 1.29 is 33.3 Å². The van der Waals surface area contributed by atoms with E-state index in [0.29, 0.717) is 17.3 Å². The van der Waals surface area contributed by atoms with Crippen molar-refractivity contribution in [2.24, 2.45) is 0 Å². The molecule has 194 valence electrons. The fourth-order valence-electron chi connectivity index (χ4n) is 3.47. The van der Waals surface area contributed by atoms with E-state index in [4.69, 9.17) is 21.1 Å². The molecule has 1 aliphatic heterocycles. The van der Waals surface area contributed by atoms with Gasteiger partial charge in [-0.05, 0) is 47.7 Å². The minimum absolute atomic E-state index is 0.0181. The highest BCUT2D eigenvalue weighted by Gasteiger charge is 2.36. The molecule has 0 N–H and O–H groups in total. The molecule has 0 atom stereocenters. The van der Waals surface area contributed by atoms with Gasteiger partial charge in [0.1, 0.15) is 5.82 Å². The van der Waals surface area contributed by atoms with Crippen molar-refractivity contribution >= 4 is 52.0 Å². The summed E-state index contributed by atoms with van der Waals surface area (Å²) in [6.45, 7) is -0.183. The summed E-state index contributed by atoms with van der Waals surface area (Å²) < 4.78 is 24.4. The number of hydrogen-bond acceptors (Lipinski definition) is 9. The smallest absolute Gasteiger partial charge is 0.318 e. The fraction of sp³-hybridized carbons (Fsp3) is 0.0833. The van der Waals surface area contributed by atoms with Crippen LogP contribution in [0.3, 0.4) is 0 Å². The zero-order valence-corrected chi connectivity index (χ0v) is 20.8. The average Bonchev–Trinajstić information content (AvgIpc) is 3.13. The molecule has 1 saturated heterocycles. The normalized spacial score (nSPS) is 14.2. The molecular weight excluding hydrogens is 545 g/mol. The number of halogens is 2. The molecule has 0 radical (unpaired) electrons. The number of thioether (sulfide) groups is 1. The third-order valence-electron chi connectivity index (χ3n) is 5.30. The van der Waals surface area contributed by atoms with Gasteiger partial charge in [-0.3, -0.25) is 34.7 Å². The lowest BCUT2D eigenvalue weighted by atomic mass is 10.1. The van der Waals surface area contributed by atoms with Crippen molar-refractivity contribution in [2.45, 2.75) is 6.54 Å². The number of hydrogen-bond donors (Lipinski definition) is 0. The molecule has 0 unspecified atom stereocenters. The van der Waals surface area contributed by atoms with Crippen LogP contribution in [0.1, 0.15) is 11.1 Å². The van der Waals surface area contributed by atoms with Gasteiger partial charge in [-0.25, -0.2) is 4.39 Å². The largest absolute Gasteiger partial charge is 0.493 e. The molecule has 0 spiro atoms. The maximum absolute atomic E-state index is 13.4. The predicted octanol–water partition coefficient (Wildman–Crippen LogP) is 6.33. The van der Waals surface area contributed by atoms with Crippen LogP contribution in [0.15, 0.2) is 59.5 Å². The first-order chi connectivity index (χ1) is 18.1. The van der Waals surface area contributed by atoms with Gasteiger partial charge in [0.25, 0.3) is 16.8 Å². The Bertz CT molecular complexity index is 1530. The van der Waals surface area contributed by atoms with Crippen molar-refractivity contribution in [3.63, 3.8) is 0 Å². The van der Waals surface area contributed by atoms with E-state index in [9.17, 15) is 34.2 Å². The Morgan fingerprint density at radius 2 is 1.82 bits per heavy atom. The summed E-state index contributed by atoms with van der Waals surface area (Å²) in [5, 5.41) is 22.1. The van der Waals surface area contributed by atoms with Crippen LogP contribution >= 0.6 is 23.4 Å². The van der Waals surface area contributed by atoms with Crippen LogP contribution in [-0.4, -0.2) is 33.0 Å². The van der Waals surface area contributed by atoms with E-state index in [-0.39, 0.29) is 39.3 Å². The summed E-state index contributed by atoms with van der Waals surface area (Å²) in [5.74, 6) is -1.40. The molecule has 3 aromatic rings. The number of imide groups is 1. The number of non-ortho nitro benzene ring substituents is 1. The number of ether oxygens (including phenoxy) is 2. The highest BCUT2D eigenvalue weighted by Crippen LogP contribution is 2.42. The van der Waals surface area contributed by atoms with Crippen LogP contribution < -0.4 is 9.47 Å². The Balaban J connectivity index is 1.69. The summed E-state index contributed by atoms with van der Waals surface area (Å²) >= 11 is 6.68. The van der Waals surface area contributed by atoms with Gasteiger partial charge < -0.3 is 9.47 Å². The van der Waals surface area contributed by atoms with Gasteiger partial charge in [-0.15, -0.1) is 0 Å². The first-order valence-corrected chi connectivity index (χ1v) is 11.8. The van der Waals surface area contributed by atoms with E-state index in [1.165, 1.54) is 31.4 Å². The molecule has 2 amide bonds. The molecule has 0 aromatic heterocycles. The third kappa shape index (κ3) is 5.43. The van der Waals surface area contributed by atoms with E-state index in [2.05, 4.69) is 0 Å². The Labute approximate surface area is 222 Å². The number of nitro benzene ring substituents is 2. The second kappa shape index (κ2) is 10.9. The lowest BCUT2D eigenvalue weighted by Crippen LogP contribution is -2.27. The van der Waals surface area contributed by atoms with Crippen molar-refractivity contribution in [3.8, 4) is 17.2 Å². The molecular formula is C24H15ClFN3O8S. The lowest BCUT2D eigenvalue weighted by molar-refractivity contribution is -0.394. The maximum Gasteiger partial charge on any atom is 0.318 e. The number of nitrogens with zero attached hydrogens (tertiary/aromatic N) is 3. The number of amides is 2. The number of carbonyl (C=O) groups is 2. The Morgan fingerprint density at radius 1 is 1.05 bits per heavy atom. The van der Waals surface area contributed by atoms with Crippen molar-refractivity contribution in [1.29, 1.82) is 0 Å². The summed E-state index contributed by atoms with van der Waals surface area (Å²) in [7, 11) is 1.33. The SMILES string of the molecule is COc1cccc(/C=C2\SC(=O)N(Cc3ccc(F)cc3Cl)C2=O)c1Oc1ccc([N+](=O)[O-])cc1[N+](=O)[O-]. The number of methoxy groups -OCH3 is 1. The summed E-state index contributed by atoms with van der Waals surface area (Å²) in [5.41, 5.74) is -0.554. The number of para-hydroxylation sites is 1. The number of benzene rings is 3. The summed E-state index contributed by atoms with van der Waals surface area (Å²) in [6.07, 6.45) is 1.35. The van der Waals surface area contributed by atoms with Gasteiger partial charge in [0.15, 0.2) is 11.5 Å². The van der Waals surface area contributed by atoms with Crippen LogP contribution in [0.4, 0.5) is 20.6 Å². The van der Waals surface area contributed by atoms with Gasteiger partial charge >= 0.3 is 5.69 Å².